The summed E-state index contributed by atoms with van der Waals surface area (Å²) >= 11 is -1.86. The first-order chi connectivity index (χ1) is 23.3. The van der Waals surface area contributed by atoms with E-state index >= 15 is 0 Å². The fourth-order valence-electron chi connectivity index (χ4n) is 6.26. The van der Waals surface area contributed by atoms with Crippen molar-refractivity contribution in [2.75, 3.05) is 0 Å². The van der Waals surface area contributed by atoms with Crippen LogP contribution in [0.5, 0.6) is 0 Å². The molecule has 1 radical (unpaired) electrons. The van der Waals surface area contributed by atoms with Gasteiger partial charge in [0.25, 0.3) is 0 Å². The van der Waals surface area contributed by atoms with Gasteiger partial charge in [0, 0.05) is 37.4 Å². The number of nitrogens with zero attached hydrogens (tertiary/aromatic N) is 4. The topological polar surface area (TPSA) is 56.7 Å². The molecule has 0 fully saturated rings. The maximum absolute atomic E-state index is 6.13. The molecule has 7 heteroatoms. The standard InChI is InChI=1S/C24H14N3O.C18H24GeN.Ir/c1-2-8-16(9-3-1)27-21-14-5-4-13-20(21)26-23(27)19-11-6-10-17-18-12-7-15-25-24(18)28-22(17)19;1-14(2)11-16-12-18(15-9-7-6-8-10-15)20-13-17(16)19(3,4)5;/h1-10,12-15H;6-9,12-14H,11H2,1-5H3;/q2*-1;. The van der Waals surface area contributed by atoms with Crippen molar-refractivity contribution in [2.24, 2.45) is 5.92 Å². The second kappa shape index (κ2) is 14.6. The van der Waals surface area contributed by atoms with E-state index in [9.17, 15) is 0 Å². The summed E-state index contributed by atoms with van der Waals surface area (Å²) in [5, 5.41) is 2.01. The number of hydrogen-bond donors (Lipinski definition) is 0. The number of hydrogen-bond acceptors (Lipinski definition) is 4. The van der Waals surface area contributed by atoms with Crippen molar-refractivity contribution < 1.29 is 24.5 Å². The largest absolute Gasteiger partial charge is 0.486 e. The van der Waals surface area contributed by atoms with Crippen LogP contribution >= 0.6 is 0 Å². The quantitative estimate of drug-likeness (QED) is 0.123. The van der Waals surface area contributed by atoms with Crippen LogP contribution in [0.1, 0.15) is 19.4 Å². The monoisotopic (exact) mass is 881 g/mol. The second-order valence-corrected chi connectivity index (χ2v) is 24.1. The molecule has 8 rings (SSSR count). The molecule has 0 atom stereocenters. The molecular formula is C42H38GeIrN4O-2. The Hall–Kier alpha value is -4.36. The molecule has 0 saturated carbocycles. The molecule has 0 bridgehead atoms. The molecule has 247 valence electrons. The average molecular weight is 880 g/mol. The smallest absolute Gasteiger partial charge is 0.216 e. The van der Waals surface area contributed by atoms with E-state index in [1.165, 1.54) is 5.56 Å². The maximum atomic E-state index is 6.13. The minimum Gasteiger partial charge on any atom is -0.486 e. The molecule has 0 N–H and O–H groups in total. The first-order valence-corrected chi connectivity index (χ1v) is 23.8. The van der Waals surface area contributed by atoms with E-state index in [1.807, 2.05) is 78.9 Å². The van der Waals surface area contributed by atoms with Gasteiger partial charge in [-0.1, -0.05) is 41.3 Å². The Kier molecular flexibility index (Phi) is 10.3. The Balaban J connectivity index is 0.000000177. The predicted molar refractivity (Wildman–Crippen MR) is 200 cm³/mol. The van der Waals surface area contributed by atoms with Gasteiger partial charge in [-0.05, 0) is 36.4 Å². The van der Waals surface area contributed by atoms with Crippen LogP contribution in [-0.4, -0.2) is 32.8 Å². The van der Waals surface area contributed by atoms with E-state index in [0.717, 1.165) is 62.1 Å². The molecule has 0 saturated heterocycles. The third-order valence-corrected chi connectivity index (χ3v) is 12.8. The zero-order chi connectivity index (χ0) is 33.3. The molecule has 0 spiro atoms. The van der Waals surface area contributed by atoms with Crippen LogP contribution in [0.25, 0.3) is 61.4 Å². The van der Waals surface area contributed by atoms with Gasteiger partial charge in [-0.25, -0.2) is 4.98 Å². The molecule has 0 aliphatic carbocycles. The average Bonchev–Trinajstić information content (AvgIpc) is 3.67. The van der Waals surface area contributed by atoms with Crippen molar-refractivity contribution in [3.63, 3.8) is 0 Å². The number of furan rings is 1. The van der Waals surface area contributed by atoms with E-state index in [4.69, 9.17) is 14.4 Å². The Labute approximate surface area is 304 Å². The first kappa shape index (κ1) is 34.5. The van der Waals surface area contributed by atoms with Gasteiger partial charge in [0.05, 0.1) is 22.4 Å². The SMILES string of the molecule is CC(C)Cc1cc(-c2[c-]cccc2)nc[c]1[Ge]([CH3])([CH3])[CH3].[Ir].[c-]1ccc2c(oc3ncccc32)c1-c1nc2ccccc2n1-c1ccccc1. The molecule has 0 unspecified atom stereocenters. The van der Waals surface area contributed by atoms with Gasteiger partial charge in [0.1, 0.15) is 0 Å². The Morgan fingerprint density at radius 3 is 2.33 bits per heavy atom. The van der Waals surface area contributed by atoms with Gasteiger partial charge in [-0.15, -0.1) is 18.2 Å². The number of fused-ring (bicyclic) bond motifs is 4. The minimum absolute atomic E-state index is 0. The molecule has 0 aliphatic heterocycles. The van der Waals surface area contributed by atoms with Crippen molar-refractivity contribution in [1.82, 2.24) is 19.5 Å². The van der Waals surface area contributed by atoms with Crippen LogP contribution in [0.15, 0.2) is 126 Å². The Bertz CT molecular complexity index is 2340. The van der Waals surface area contributed by atoms with E-state index in [2.05, 4.69) is 89.3 Å². The number of rotatable bonds is 6. The number of imidazole rings is 1. The number of benzene rings is 4. The molecule has 4 aromatic carbocycles. The molecule has 4 aromatic heterocycles. The first-order valence-electron chi connectivity index (χ1n) is 16.5. The van der Waals surface area contributed by atoms with Gasteiger partial charge in [0.2, 0.25) is 5.71 Å². The number of para-hydroxylation sites is 3. The molecule has 49 heavy (non-hydrogen) atoms. The summed E-state index contributed by atoms with van der Waals surface area (Å²) in [6, 6.07) is 43.3. The molecule has 0 aliphatic rings. The number of pyridine rings is 2. The van der Waals surface area contributed by atoms with Crippen molar-refractivity contribution in [3.8, 4) is 28.3 Å². The fourth-order valence-corrected chi connectivity index (χ4v) is 9.59. The molecule has 4 heterocycles. The van der Waals surface area contributed by atoms with E-state index < -0.39 is 13.3 Å². The molecule has 5 nitrogen and oxygen atoms in total. The Morgan fingerprint density at radius 1 is 0.796 bits per heavy atom. The summed E-state index contributed by atoms with van der Waals surface area (Å²) in [4.78, 5) is 14.0. The zero-order valence-corrected chi connectivity index (χ0v) is 32.9. The van der Waals surface area contributed by atoms with Gasteiger partial charge < -0.3 is 8.98 Å². The fraction of sp³-hybridized carbons (Fsp3) is 0.167. The van der Waals surface area contributed by atoms with Crippen molar-refractivity contribution in [1.29, 1.82) is 0 Å². The summed E-state index contributed by atoms with van der Waals surface area (Å²) in [6.07, 6.45) is 5.02. The van der Waals surface area contributed by atoms with Crippen LogP contribution in [0.3, 0.4) is 0 Å². The second-order valence-electron chi connectivity index (χ2n) is 13.5. The summed E-state index contributed by atoms with van der Waals surface area (Å²) in [6.45, 7) is 4.57. The summed E-state index contributed by atoms with van der Waals surface area (Å²) in [5.74, 6) is 8.80. The predicted octanol–water partition coefficient (Wildman–Crippen LogP) is 10.1. The Morgan fingerprint density at radius 2 is 1.57 bits per heavy atom. The van der Waals surface area contributed by atoms with Crippen LogP contribution in [0, 0.1) is 18.1 Å². The van der Waals surface area contributed by atoms with Crippen LogP contribution in [-0.2, 0) is 26.5 Å². The van der Waals surface area contributed by atoms with E-state index in [-0.39, 0.29) is 20.1 Å². The third-order valence-electron chi connectivity index (χ3n) is 8.42. The van der Waals surface area contributed by atoms with Crippen LogP contribution < -0.4 is 4.40 Å². The van der Waals surface area contributed by atoms with Crippen LogP contribution in [0.2, 0.25) is 17.3 Å². The van der Waals surface area contributed by atoms with Crippen LogP contribution in [0.4, 0.5) is 0 Å². The number of aromatic nitrogens is 4. The summed E-state index contributed by atoms with van der Waals surface area (Å²) < 4.78 is 9.82. The minimum atomic E-state index is -1.86. The summed E-state index contributed by atoms with van der Waals surface area (Å²) in [5.41, 5.74) is 8.87. The van der Waals surface area contributed by atoms with E-state index in [0.29, 0.717) is 11.6 Å². The molecule has 8 aromatic rings. The molecule has 0 amide bonds. The normalized spacial score (nSPS) is 11.5. The van der Waals surface area contributed by atoms with Crippen molar-refractivity contribution in [2.45, 2.75) is 37.5 Å². The van der Waals surface area contributed by atoms with E-state index in [1.54, 1.807) is 10.6 Å². The van der Waals surface area contributed by atoms with Crippen molar-refractivity contribution in [3.05, 3.63) is 139 Å². The van der Waals surface area contributed by atoms with Gasteiger partial charge in [-0.2, -0.15) is 0 Å². The van der Waals surface area contributed by atoms with Crippen molar-refractivity contribution >= 4 is 50.8 Å². The maximum Gasteiger partial charge on any atom is 0.216 e. The third kappa shape index (κ3) is 7.18. The van der Waals surface area contributed by atoms with Gasteiger partial charge in [-0.3, -0.25) is 4.98 Å². The summed E-state index contributed by atoms with van der Waals surface area (Å²) in [7, 11) is 0. The van der Waals surface area contributed by atoms with Gasteiger partial charge >= 0.3 is 126 Å². The molecular weight excluding hydrogens is 841 g/mol. The zero-order valence-electron chi connectivity index (χ0n) is 28.4. The van der Waals surface area contributed by atoms with Gasteiger partial charge in [0.15, 0.2) is 0 Å².